The molecule has 12 heteroatoms. The van der Waals surface area contributed by atoms with Crippen molar-refractivity contribution >= 4 is 17.7 Å². The van der Waals surface area contributed by atoms with Crippen LogP contribution < -0.4 is 24.6 Å². The quantitative estimate of drug-likeness (QED) is 0.534. The number of fused-ring (bicyclic) bond motifs is 5. The number of nitrogens with one attached hydrogen (secondary N) is 1. The fraction of sp³-hybridized carbons (Fsp3) is 0.519. The lowest BCUT2D eigenvalue weighted by Gasteiger charge is -2.28. The zero-order valence-electron chi connectivity index (χ0n) is 22.4. The Morgan fingerprint density at radius 3 is 2.77 bits per heavy atom. The molecule has 1 amide bonds. The Labute approximate surface area is 227 Å². The van der Waals surface area contributed by atoms with Gasteiger partial charge in [-0.15, -0.1) is 5.10 Å². The molecule has 0 aliphatic carbocycles. The molecule has 39 heavy (non-hydrogen) atoms. The standard InChI is InChI=1S/C27H34N8O4/c1-18-12-25(30-27(28-18)33-8-4-3-5-9-33)34-15-21-24(16-34)39-17-20-14-35(32-31-20)10-11-38-23-13-19(26(36)29-21)6-7-22(23)37-2/h6-7,12-14,21,24H,3-5,8-11,15-17H2,1-2H3,(H,29,36)/t21-,24-/m0/s1. The van der Waals surface area contributed by atoms with E-state index >= 15 is 0 Å². The highest BCUT2D eigenvalue weighted by Crippen LogP contribution is 2.29. The molecule has 2 aromatic heterocycles. The number of anilines is 2. The maximum Gasteiger partial charge on any atom is 0.251 e. The van der Waals surface area contributed by atoms with Gasteiger partial charge in [0.2, 0.25) is 5.95 Å². The van der Waals surface area contributed by atoms with Gasteiger partial charge in [0.05, 0.1) is 38.6 Å². The number of ether oxygens (including phenoxy) is 3. The molecule has 1 aromatic carbocycles. The molecular weight excluding hydrogens is 500 g/mol. The van der Waals surface area contributed by atoms with Crippen molar-refractivity contribution < 1.29 is 19.0 Å². The molecule has 206 valence electrons. The molecule has 2 fully saturated rings. The molecule has 12 nitrogen and oxygen atoms in total. The first-order valence-electron chi connectivity index (χ1n) is 13.5. The molecule has 2 atom stereocenters. The molecule has 0 radical (unpaired) electrons. The number of hydrogen-bond acceptors (Lipinski definition) is 10. The fourth-order valence-corrected chi connectivity index (χ4v) is 5.34. The first-order chi connectivity index (χ1) is 19.1. The lowest BCUT2D eigenvalue weighted by molar-refractivity contribution is 0.0347. The van der Waals surface area contributed by atoms with E-state index in [1.54, 1.807) is 30.0 Å². The van der Waals surface area contributed by atoms with Crippen molar-refractivity contribution in [3.63, 3.8) is 0 Å². The van der Waals surface area contributed by atoms with Crippen LogP contribution in [0.1, 0.15) is 41.0 Å². The van der Waals surface area contributed by atoms with Crippen LogP contribution in [-0.2, 0) is 17.9 Å². The summed E-state index contributed by atoms with van der Waals surface area (Å²) in [6.07, 6.45) is 5.14. The monoisotopic (exact) mass is 534 g/mol. The summed E-state index contributed by atoms with van der Waals surface area (Å²) < 4.78 is 19.4. The Balaban J connectivity index is 1.28. The molecule has 6 rings (SSSR count). The van der Waals surface area contributed by atoms with Crippen molar-refractivity contribution in [2.24, 2.45) is 0 Å². The van der Waals surface area contributed by atoms with Crippen LogP contribution in [0.25, 0.3) is 0 Å². The summed E-state index contributed by atoms with van der Waals surface area (Å²) in [7, 11) is 1.58. The minimum atomic E-state index is -0.271. The maximum atomic E-state index is 13.4. The second-order valence-electron chi connectivity index (χ2n) is 10.2. The molecule has 2 saturated heterocycles. The number of carbonyl (C=O) groups excluding carboxylic acids is 1. The average Bonchev–Trinajstić information content (AvgIpc) is 3.58. The van der Waals surface area contributed by atoms with Gasteiger partial charge in [-0.1, -0.05) is 5.21 Å². The van der Waals surface area contributed by atoms with Crippen LogP contribution in [0.3, 0.4) is 0 Å². The fourth-order valence-electron chi connectivity index (χ4n) is 5.34. The van der Waals surface area contributed by atoms with Crippen LogP contribution in [0.2, 0.25) is 0 Å². The third kappa shape index (κ3) is 5.60. The summed E-state index contributed by atoms with van der Waals surface area (Å²) in [5.41, 5.74) is 2.13. The second kappa shape index (κ2) is 11.0. The molecule has 3 aliphatic heterocycles. The summed E-state index contributed by atoms with van der Waals surface area (Å²) in [5.74, 6) is 2.48. The van der Waals surface area contributed by atoms with Gasteiger partial charge in [0, 0.05) is 43.5 Å². The van der Waals surface area contributed by atoms with E-state index in [4.69, 9.17) is 24.2 Å². The summed E-state index contributed by atoms with van der Waals surface area (Å²) in [6.45, 7) is 6.21. The molecule has 0 saturated carbocycles. The minimum Gasteiger partial charge on any atom is -0.493 e. The topological polar surface area (TPSA) is 120 Å². The first kappa shape index (κ1) is 25.4. The zero-order valence-corrected chi connectivity index (χ0v) is 22.4. The average molecular weight is 535 g/mol. The van der Waals surface area contributed by atoms with E-state index < -0.39 is 0 Å². The van der Waals surface area contributed by atoms with Crippen LogP contribution in [0.15, 0.2) is 30.5 Å². The molecule has 3 aromatic rings. The normalized spacial score (nSPS) is 21.8. The summed E-state index contributed by atoms with van der Waals surface area (Å²) in [6, 6.07) is 6.93. The van der Waals surface area contributed by atoms with E-state index in [-0.39, 0.29) is 24.7 Å². The van der Waals surface area contributed by atoms with E-state index in [0.717, 1.165) is 49.1 Å². The lowest BCUT2D eigenvalue weighted by Crippen LogP contribution is -2.44. The predicted octanol–water partition coefficient (Wildman–Crippen LogP) is 1.97. The van der Waals surface area contributed by atoms with Crippen LogP contribution >= 0.6 is 0 Å². The second-order valence-corrected chi connectivity index (χ2v) is 10.2. The lowest BCUT2D eigenvalue weighted by atomic mass is 10.1. The number of aryl methyl sites for hydroxylation is 1. The van der Waals surface area contributed by atoms with Gasteiger partial charge < -0.3 is 29.3 Å². The van der Waals surface area contributed by atoms with Crippen molar-refractivity contribution in [3.05, 3.63) is 47.4 Å². The minimum absolute atomic E-state index is 0.199. The molecular formula is C27H34N8O4. The summed E-state index contributed by atoms with van der Waals surface area (Å²) in [5, 5.41) is 11.6. The largest absolute Gasteiger partial charge is 0.493 e. The van der Waals surface area contributed by atoms with Crippen molar-refractivity contribution in [1.82, 2.24) is 30.3 Å². The SMILES string of the molecule is COc1ccc2cc1OCCn1cc(nn1)CO[C@H]1CN(c3cc(C)nc(N4CCCCC4)n3)C[C@@H]1NC2=O. The van der Waals surface area contributed by atoms with Crippen LogP contribution in [0.5, 0.6) is 11.5 Å². The third-order valence-corrected chi connectivity index (χ3v) is 7.41. The highest BCUT2D eigenvalue weighted by Gasteiger charge is 2.36. The van der Waals surface area contributed by atoms with Gasteiger partial charge in [0.1, 0.15) is 18.1 Å². The molecule has 4 bridgehead atoms. The van der Waals surface area contributed by atoms with Gasteiger partial charge in [0.15, 0.2) is 11.5 Å². The van der Waals surface area contributed by atoms with Gasteiger partial charge in [0.25, 0.3) is 5.91 Å². The van der Waals surface area contributed by atoms with Gasteiger partial charge in [-0.2, -0.15) is 4.98 Å². The van der Waals surface area contributed by atoms with Crippen LogP contribution in [0.4, 0.5) is 11.8 Å². The van der Waals surface area contributed by atoms with Crippen molar-refractivity contribution in [1.29, 1.82) is 0 Å². The number of nitrogens with zero attached hydrogens (tertiary/aromatic N) is 7. The predicted molar refractivity (Wildman–Crippen MR) is 143 cm³/mol. The van der Waals surface area contributed by atoms with Crippen LogP contribution in [-0.4, -0.2) is 82.9 Å². The Bertz CT molecular complexity index is 1320. The van der Waals surface area contributed by atoms with E-state index in [2.05, 4.69) is 25.4 Å². The smallest absolute Gasteiger partial charge is 0.251 e. The molecule has 5 heterocycles. The van der Waals surface area contributed by atoms with E-state index in [0.29, 0.717) is 43.3 Å². The van der Waals surface area contributed by atoms with E-state index in [1.807, 2.05) is 19.2 Å². The third-order valence-electron chi connectivity index (χ3n) is 7.41. The number of piperidine rings is 1. The van der Waals surface area contributed by atoms with Gasteiger partial charge >= 0.3 is 0 Å². The molecule has 1 N–H and O–H groups in total. The number of benzene rings is 1. The summed E-state index contributed by atoms with van der Waals surface area (Å²) in [4.78, 5) is 27.5. The van der Waals surface area contributed by atoms with Crippen molar-refractivity contribution in [3.8, 4) is 11.5 Å². The molecule has 0 unspecified atom stereocenters. The Kier molecular flexibility index (Phi) is 7.18. The number of amides is 1. The summed E-state index contributed by atoms with van der Waals surface area (Å²) >= 11 is 0. The highest BCUT2D eigenvalue weighted by molar-refractivity contribution is 5.95. The first-order valence-corrected chi connectivity index (χ1v) is 13.5. The van der Waals surface area contributed by atoms with E-state index in [1.165, 1.54) is 6.42 Å². The van der Waals surface area contributed by atoms with E-state index in [9.17, 15) is 4.79 Å². The van der Waals surface area contributed by atoms with Gasteiger partial charge in [-0.3, -0.25) is 4.79 Å². The van der Waals surface area contributed by atoms with Gasteiger partial charge in [-0.25, -0.2) is 9.67 Å². The van der Waals surface area contributed by atoms with Crippen LogP contribution in [0, 0.1) is 6.92 Å². The van der Waals surface area contributed by atoms with Crippen molar-refractivity contribution in [2.75, 3.05) is 49.7 Å². The number of methoxy groups -OCH3 is 1. The maximum absolute atomic E-state index is 13.4. The number of carbonyl (C=O) groups is 1. The number of hydrogen-bond donors (Lipinski definition) is 1. The van der Waals surface area contributed by atoms with Gasteiger partial charge in [-0.05, 0) is 44.4 Å². The Morgan fingerprint density at radius 1 is 1.05 bits per heavy atom. The van der Waals surface area contributed by atoms with Crippen molar-refractivity contribution in [2.45, 2.75) is 51.5 Å². The number of rotatable bonds is 3. The Hall–Kier alpha value is -3.93. The number of aromatic nitrogens is 5. The Morgan fingerprint density at radius 2 is 1.92 bits per heavy atom. The zero-order chi connectivity index (χ0) is 26.8. The molecule has 3 aliphatic rings. The highest BCUT2D eigenvalue weighted by atomic mass is 16.5. The molecule has 0 spiro atoms.